The number of hydrogen-bond donors (Lipinski definition) is 1. The van der Waals surface area contributed by atoms with Crippen molar-refractivity contribution in [1.29, 1.82) is 0 Å². The van der Waals surface area contributed by atoms with E-state index < -0.39 is 5.97 Å². The molecule has 4 aromatic rings. The van der Waals surface area contributed by atoms with E-state index in [0.717, 1.165) is 22.3 Å². The summed E-state index contributed by atoms with van der Waals surface area (Å²) in [6.07, 6.45) is 1.50. The van der Waals surface area contributed by atoms with Gasteiger partial charge in [0.25, 0.3) is 5.91 Å². The zero-order valence-corrected chi connectivity index (χ0v) is 19.2. The van der Waals surface area contributed by atoms with Crippen molar-refractivity contribution in [2.45, 2.75) is 6.92 Å². The third kappa shape index (κ3) is 6.88. The molecule has 1 amide bonds. The largest absolute Gasteiger partial charge is 0.484 e. The van der Waals surface area contributed by atoms with E-state index in [4.69, 9.17) is 9.47 Å². The van der Waals surface area contributed by atoms with Gasteiger partial charge in [-0.2, -0.15) is 5.10 Å². The highest BCUT2D eigenvalue weighted by atomic mass is 16.5. The van der Waals surface area contributed by atoms with Gasteiger partial charge in [-0.1, -0.05) is 60.2 Å². The molecule has 0 bridgehead atoms. The number of nitrogens with one attached hydrogen (secondary N) is 1. The Hall–Kier alpha value is -4.71. The second-order valence-corrected chi connectivity index (χ2v) is 7.80. The van der Waals surface area contributed by atoms with Crippen molar-refractivity contribution in [3.8, 4) is 22.6 Å². The number of ether oxygens (including phenoxy) is 2. The third-order valence-electron chi connectivity index (χ3n) is 5.08. The smallest absolute Gasteiger partial charge is 0.343 e. The molecule has 174 valence electrons. The number of esters is 1. The first-order valence-corrected chi connectivity index (χ1v) is 11.1. The third-order valence-corrected chi connectivity index (χ3v) is 5.08. The molecule has 35 heavy (non-hydrogen) atoms. The SMILES string of the molecule is Cc1cccc(C(=O)Oc2ccc(C=NNC(=O)COc3ccc(-c4ccccc4)cc3)cc2)c1. The van der Waals surface area contributed by atoms with Crippen LogP contribution >= 0.6 is 0 Å². The van der Waals surface area contributed by atoms with Crippen molar-refractivity contribution in [2.75, 3.05) is 6.61 Å². The summed E-state index contributed by atoms with van der Waals surface area (Å²) < 4.78 is 10.9. The zero-order valence-electron chi connectivity index (χ0n) is 19.2. The fraction of sp³-hybridized carbons (Fsp3) is 0.0690. The van der Waals surface area contributed by atoms with E-state index in [1.165, 1.54) is 6.21 Å². The van der Waals surface area contributed by atoms with Crippen LogP contribution in [-0.4, -0.2) is 24.7 Å². The summed E-state index contributed by atoms with van der Waals surface area (Å²) >= 11 is 0. The molecule has 0 radical (unpaired) electrons. The maximum Gasteiger partial charge on any atom is 0.343 e. The van der Waals surface area contributed by atoms with E-state index in [0.29, 0.717) is 17.1 Å². The number of carbonyl (C=O) groups excluding carboxylic acids is 2. The number of nitrogens with zero attached hydrogens (tertiary/aromatic N) is 1. The fourth-order valence-electron chi connectivity index (χ4n) is 3.29. The minimum absolute atomic E-state index is 0.157. The maximum atomic E-state index is 12.2. The van der Waals surface area contributed by atoms with E-state index >= 15 is 0 Å². The molecular weight excluding hydrogens is 440 g/mol. The first kappa shape index (κ1) is 23.4. The van der Waals surface area contributed by atoms with E-state index in [9.17, 15) is 9.59 Å². The minimum atomic E-state index is -0.419. The fourth-order valence-corrected chi connectivity index (χ4v) is 3.29. The first-order valence-electron chi connectivity index (χ1n) is 11.1. The molecule has 0 aliphatic rings. The molecule has 0 atom stereocenters. The summed E-state index contributed by atoms with van der Waals surface area (Å²) in [6, 6.07) is 31.6. The summed E-state index contributed by atoms with van der Waals surface area (Å²) in [7, 11) is 0. The average molecular weight is 465 g/mol. The Morgan fingerprint density at radius 1 is 0.800 bits per heavy atom. The lowest BCUT2D eigenvalue weighted by molar-refractivity contribution is -0.123. The number of benzene rings is 4. The van der Waals surface area contributed by atoms with Gasteiger partial charge in [-0.3, -0.25) is 4.79 Å². The number of rotatable bonds is 8. The molecule has 0 aliphatic carbocycles. The van der Waals surface area contributed by atoms with Crippen molar-refractivity contribution in [2.24, 2.45) is 5.10 Å². The van der Waals surface area contributed by atoms with Crippen molar-refractivity contribution >= 4 is 18.1 Å². The van der Waals surface area contributed by atoms with Crippen LogP contribution in [0.2, 0.25) is 0 Å². The predicted molar refractivity (Wildman–Crippen MR) is 136 cm³/mol. The molecule has 0 saturated heterocycles. The Bertz CT molecular complexity index is 1320. The molecule has 6 nitrogen and oxygen atoms in total. The molecule has 0 spiro atoms. The lowest BCUT2D eigenvalue weighted by Crippen LogP contribution is -2.24. The number of hydrazone groups is 1. The zero-order chi connectivity index (χ0) is 24.5. The lowest BCUT2D eigenvalue weighted by atomic mass is 10.1. The Morgan fingerprint density at radius 2 is 1.49 bits per heavy atom. The second-order valence-electron chi connectivity index (χ2n) is 7.80. The quantitative estimate of drug-likeness (QED) is 0.164. The van der Waals surface area contributed by atoms with E-state index in [1.807, 2.05) is 73.7 Å². The Morgan fingerprint density at radius 3 is 2.20 bits per heavy atom. The molecule has 6 heteroatoms. The van der Waals surface area contributed by atoms with E-state index in [2.05, 4.69) is 10.5 Å². The van der Waals surface area contributed by atoms with Crippen LogP contribution in [-0.2, 0) is 4.79 Å². The van der Waals surface area contributed by atoms with Crippen molar-refractivity contribution < 1.29 is 19.1 Å². The van der Waals surface area contributed by atoms with Gasteiger partial charge in [0, 0.05) is 0 Å². The molecule has 0 aromatic heterocycles. The second kappa shape index (κ2) is 11.4. The molecule has 0 saturated carbocycles. The summed E-state index contributed by atoms with van der Waals surface area (Å²) in [5.41, 5.74) is 6.83. The number of amides is 1. The average Bonchev–Trinajstić information content (AvgIpc) is 2.89. The van der Waals surface area contributed by atoms with Gasteiger partial charge in [0.05, 0.1) is 11.8 Å². The van der Waals surface area contributed by atoms with E-state index in [-0.39, 0.29) is 12.5 Å². The summed E-state index contributed by atoms with van der Waals surface area (Å²) in [5, 5.41) is 3.94. The molecule has 0 aliphatic heterocycles. The van der Waals surface area contributed by atoms with Gasteiger partial charge >= 0.3 is 5.97 Å². The van der Waals surface area contributed by atoms with Gasteiger partial charge < -0.3 is 9.47 Å². The number of carbonyl (C=O) groups is 2. The van der Waals surface area contributed by atoms with Crippen LogP contribution in [0.15, 0.2) is 108 Å². The predicted octanol–water partition coefficient (Wildman–Crippen LogP) is 5.41. The first-order chi connectivity index (χ1) is 17.1. The Kier molecular flexibility index (Phi) is 7.66. The number of aryl methyl sites for hydroxylation is 1. The van der Waals surface area contributed by atoms with Crippen LogP contribution in [0.1, 0.15) is 21.5 Å². The Labute approximate surface area is 203 Å². The normalized spacial score (nSPS) is 10.7. The standard InChI is InChI=1S/C29H24N2O4/c1-21-6-5-9-25(18-21)29(33)35-27-14-10-22(11-15-27)19-30-31-28(32)20-34-26-16-12-24(13-17-26)23-7-3-2-4-8-23/h2-19H,20H2,1H3,(H,31,32). The number of hydrogen-bond acceptors (Lipinski definition) is 5. The highest BCUT2D eigenvalue weighted by Crippen LogP contribution is 2.22. The van der Waals surface area contributed by atoms with Crippen LogP contribution < -0.4 is 14.9 Å². The van der Waals surface area contributed by atoms with Crippen LogP contribution in [0.3, 0.4) is 0 Å². The molecule has 0 unspecified atom stereocenters. The maximum absolute atomic E-state index is 12.2. The molecule has 0 fully saturated rings. The lowest BCUT2D eigenvalue weighted by Gasteiger charge is -2.07. The van der Waals surface area contributed by atoms with Crippen LogP contribution in [0.5, 0.6) is 11.5 Å². The molecular formula is C29H24N2O4. The van der Waals surface area contributed by atoms with Gasteiger partial charge in [0.2, 0.25) is 0 Å². The van der Waals surface area contributed by atoms with Gasteiger partial charge in [-0.25, -0.2) is 10.2 Å². The van der Waals surface area contributed by atoms with Crippen LogP contribution in [0, 0.1) is 6.92 Å². The molecule has 4 aromatic carbocycles. The van der Waals surface area contributed by atoms with Gasteiger partial charge in [0.1, 0.15) is 11.5 Å². The summed E-state index contributed by atoms with van der Waals surface area (Å²) in [4.78, 5) is 24.3. The Balaban J connectivity index is 1.22. The molecule has 0 heterocycles. The summed E-state index contributed by atoms with van der Waals surface area (Å²) in [5.74, 6) is 0.221. The summed E-state index contributed by atoms with van der Waals surface area (Å²) in [6.45, 7) is 1.76. The van der Waals surface area contributed by atoms with Crippen molar-refractivity contribution in [3.05, 3.63) is 120 Å². The van der Waals surface area contributed by atoms with Gasteiger partial charge in [-0.15, -0.1) is 0 Å². The highest BCUT2D eigenvalue weighted by molar-refractivity contribution is 5.91. The van der Waals surface area contributed by atoms with Gasteiger partial charge in [-0.05, 0) is 72.1 Å². The monoisotopic (exact) mass is 464 g/mol. The van der Waals surface area contributed by atoms with Gasteiger partial charge in [0.15, 0.2) is 6.61 Å². The topological polar surface area (TPSA) is 77.0 Å². The molecule has 1 N–H and O–H groups in total. The van der Waals surface area contributed by atoms with E-state index in [1.54, 1.807) is 36.4 Å². The van der Waals surface area contributed by atoms with Crippen molar-refractivity contribution in [3.63, 3.8) is 0 Å². The van der Waals surface area contributed by atoms with Crippen LogP contribution in [0.25, 0.3) is 11.1 Å². The minimum Gasteiger partial charge on any atom is -0.484 e. The van der Waals surface area contributed by atoms with Crippen LogP contribution in [0.4, 0.5) is 0 Å². The highest BCUT2D eigenvalue weighted by Gasteiger charge is 2.08. The van der Waals surface area contributed by atoms with Crippen molar-refractivity contribution in [1.82, 2.24) is 5.43 Å². The molecule has 4 rings (SSSR count).